The highest BCUT2D eigenvalue weighted by Crippen LogP contribution is 2.04. The number of aromatic amines is 1. The van der Waals surface area contributed by atoms with Crippen LogP contribution in [0.2, 0.25) is 0 Å². The van der Waals surface area contributed by atoms with Crippen molar-refractivity contribution in [2.75, 3.05) is 0 Å². The van der Waals surface area contributed by atoms with E-state index in [9.17, 15) is 9.59 Å². The molecule has 5 heteroatoms. The van der Waals surface area contributed by atoms with Gasteiger partial charge in [-0.15, -0.1) is 0 Å². The summed E-state index contributed by atoms with van der Waals surface area (Å²) in [5, 5.41) is 8.62. The average Bonchev–Trinajstić information content (AvgIpc) is 2.30. The maximum atomic E-state index is 11.5. The highest BCUT2D eigenvalue weighted by Gasteiger charge is 2.02. The second-order valence-corrected chi connectivity index (χ2v) is 3.12. The van der Waals surface area contributed by atoms with Gasteiger partial charge in [-0.1, -0.05) is 0 Å². The number of hydrogen-bond donors (Lipinski definition) is 1. The van der Waals surface area contributed by atoms with E-state index >= 15 is 0 Å². The van der Waals surface area contributed by atoms with Gasteiger partial charge in [-0.2, -0.15) is 5.26 Å². The van der Waals surface area contributed by atoms with Gasteiger partial charge in [0, 0.05) is 12.3 Å². The highest BCUT2D eigenvalue weighted by atomic mass is 16.2. The van der Waals surface area contributed by atoms with E-state index in [1.165, 1.54) is 12.3 Å². The Kier molecular flexibility index (Phi) is 2.40. The molecule has 0 aliphatic heterocycles. The van der Waals surface area contributed by atoms with Crippen molar-refractivity contribution in [3.63, 3.8) is 0 Å². The standard InChI is InChI=1S/C11H7N3O2/c12-7-8-1-3-9(4-2-8)14-10(15)5-6-13-11(14)16/h1-6H,(H,13,16). The predicted molar refractivity (Wildman–Crippen MR) is 57.4 cm³/mol. The molecule has 16 heavy (non-hydrogen) atoms. The van der Waals surface area contributed by atoms with Crippen molar-refractivity contribution < 1.29 is 0 Å². The number of aromatic nitrogens is 2. The van der Waals surface area contributed by atoms with E-state index in [1.807, 2.05) is 6.07 Å². The number of benzene rings is 1. The monoisotopic (exact) mass is 213 g/mol. The van der Waals surface area contributed by atoms with Crippen molar-refractivity contribution >= 4 is 0 Å². The summed E-state index contributed by atoms with van der Waals surface area (Å²) in [4.78, 5) is 25.3. The van der Waals surface area contributed by atoms with Crippen molar-refractivity contribution in [2.45, 2.75) is 0 Å². The van der Waals surface area contributed by atoms with Gasteiger partial charge in [-0.3, -0.25) is 4.79 Å². The van der Waals surface area contributed by atoms with E-state index in [0.29, 0.717) is 11.3 Å². The Labute approximate surface area is 90.2 Å². The van der Waals surface area contributed by atoms with Gasteiger partial charge in [0.1, 0.15) is 0 Å². The second kappa shape index (κ2) is 3.87. The molecule has 0 saturated carbocycles. The SMILES string of the molecule is N#Cc1ccc(-n2c(=O)cc[nH]c2=O)cc1. The Morgan fingerprint density at radius 1 is 1.12 bits per heavy atom. The lowest BCUT2D eigenvalue weighted by Gasteiger charge is -2.02. The van der Waals surface area contributed by atoms with Gasteiger partial charge in [-0.25, -0.2) is 9.36 Å². The zero-order valence-electron chi connectivity index (χ0n) is 8.18. The maximum Gasteiger partial charge on any atom is 0.332 e. The third kappa shape index (κ3) is 1.64. The summed E-state index contributed by atoms with van der Waals surface area (Å²) >= 11 is 0. The summed E-state index contributed by atoms with van der Waals surface area (Å²) in [7, 11) is 0. The summed E-state index contributed by atoms with van der Waals surface area (Å²) < 4.78 is 1.00. The maximum absolute atomic E-state index is 11.5. The number of nitrogens with one attached hydrogen (secondary N) is 1. The van der Waals surface area contributed by atoms with Gasteiger partial charge in [0.25, 0.3) is 5.56 Å². The Hall–Kier alpha value is -2.61. The van der Waals surface area contributed by atoms with Crippen molar-refractivity contribution in [3.05, 3.63) is 62.9 Å². The van der Waals surface area contributed by atoms with Crippen LogP contribution in [0.3, 0.4) is 0 Å². The Bertz CT molecular complexity index is 631. The normalized spacial score (nSPS) is 9.69. The summed E-state index contributed by atoms with van der Waals surface area (Å²) in [6, 6.07) is 9.43. The van der Waals surface area contributed by atoms with Gasteiger partial charge >= 0.3 is 5.69 Å². The molecule has 0 saturated heterocycles. The lowest BCUT2D eigenvalue weighted by Crippen LogP contribution is -2.32. The Morgan fingerprint density at radius 3 is 2.38 bits per heavy atom. The molecule has 5 nitrogen and oxygen atoms in total. The molecule has 0 amide bonds. The third-order valence-electron chi connectivity index (χ3n) is 2.11. The summed E-state index contributed by atoms with van der Waals surface area (Å²) in [5.74, 6) is 0. The number of nitriles is 1. The zero-order valence-corrected chi connectivity index (χ0v) is 8.18. The Morgan fingerprint density at radius 2 is 1.81 bits per heavy atom. The molecule has 0 atom stereocenters. The molecule has 2 aromatic rings. The number of nitrogens with zero attached hydrogens (tertiary/aromatic N) is 2. The first-order valence-corrected chi connectivity index (χ1v) is 4.53. The highest BCUT2D eigenvalue weighted by molar-refractivity contribution is 5.39. The largest absolute Gasteiger partial charge is 0.332 e. The van der Waals surface area contributed by atoms with Gasteiger partial charge in [0.15, 0.2) is 0 Å². The van der Waals surface area contributed by atoms with Crippen molar-refractivity contribution in [3.8, 4) is 11.8 Å². The molecule has 0 unspecified atom stereocenters. The summed E-state index contributed by atoms with van der Waals surface area (Å²) in [5.41, 5.74) is 0.000624. The van der Waals surface area contributed by atoms with E-state index in [1.54, 1.807) is 24.3 Å². The van der Waals surface area contributed by atoms with E-state index in [0.717, 1.165) is 4.57 Å². The molecule has 1 aromatic heterocycles. The second-order valence-electron chi connectivity index (χ2n) is 3.12. The topological polar surface area (TPSA) is 78.7 Å². The van der Waals surface area contributed by atoms with Crippen LogP contribution in [-0.4, -0.2) is 9.55 Å². The zero-order chi connectivity index (χ0) is 11.5. The van der Waals surface area contributed by atoms with Crippen LogP contribution < -0.4 is 11.2 Å². The summed E-state index contributed by atoms with van der Waals surface area (Å²) in [6.07, 6.45) is 1.30. The Balaban J connectivity index is 2.65. The molecule has 0 radical (unpaired) electrons. The van der Waals surface area contributed by atoms with Crippen molar-refractivity contribution in [1.82, 2.24) is 9.55 Å². The first-order valence-electron chi connectivity index (χ1n) is 4.53. The first kappa shape index (κ1) is 9.93. The van der Waals surface area contributed by atoms with Crippen molar-refractivity contribution in [2.24, 2.45) is 0 Å². The van der Waals surface area contributed by atoms with Gasteiger partial charge in [0.2, 0.25) is 0 Å². The molecule has 0 spiro atoms. The molecule has 2 rings (SSSR count). The fraction of sp³-hybridized carbons (Fsp3) is 0. The molecule has 1 N–H and O–H groups in total. The molecular formula is C11H7N3O2. The lowest BCUT2D eigenvalue weighted by molar-refractivity contribution is 0.875. The molecular weight excluding hydrogens is 206 g/mol. The van der Waals surface area contributed by atoms with E-state index in [2.05, 4.69) is 4.98 Å². The van der Waals surface area contributed by atoms with Crippen LogP contribution in [0.5, 0.6) is 0 Å². The predicted octanol–water partition coefficient (Wildman–Crippen LogP) is 0.397. The van der Waals surface area contributed by atoms with Crippen LogP contribution in [0.25, 0.3) is 5.69 Å². The molecule has 0 bridgehead atoms. The molecule has 0 aliphatic carbocycles. The van der Waals surface area contributed by atoms with Crippen LogP contribution in [0.15, 0.2) is 46.1 Å². The van der Waals surface area contributed by atoms with Crippen LogP contribution in [0, 0.1) is 11.3 Å². The van der Waals surface area contributed by atoms with Crippen molar-refractivity contribution in [1.29, 1.82) is 5.26 Å². The third-order valence-corrected chi connectivity index (χ3v) is 2.11. The van der Waals surface area contributed by atoms with Gasteiger partial charge < -0.3 is 4.98 Å². The van der Waals surface area contributed by atoms with Gasteiger partial charge in [0.05, 0.1) is 17.3 Å². The minimum Gasteiger partial charge on any atom is -0.314 e. The molecule has 0 aliphatic rings. The molecule has 1 heterocycles. The summed E-state index contributed by atoms with van der Waals surface area (Å²) in [6.45, 7) is 0. The first-order chi connectivity index (χ1) is 7.72. The molecule has 1 aromatic carbocycles. The lowest BCUT2D eigenvalue weighted by atomic mass is 10.2. The van der Waals surface area contributed by atoms with Crippen LogP contribution in [-0.2, 0) is 0 Å². The van der Waals surface area contributed by atoms with E-state index in [4.69, 9.17) is 5.26 Å². The van der Waals surface area contributed by atoms with Crippen LogP contribution in [0.1, 0.15) is 5.56 Å². The van der Waals surface area contributed by atoms with E-state index in [-0.39, 0.29) is 0 Å². The fourth-order valence-corrected chi connectivity index (χ4v) is 1.35. The smallest absolute Gasteiger partial charge is 0.314 e. The minimum absolute atomic E-state index is 0.409. The van der Waals surface area contributed by atoms with Gasteiger partial charge in [-0.05, 0) is 24.3 Å². The van der Waals surface area contributed by atoms with Crippen LogP contribution in [0.4, 0.5) is 0 Å². The average molecular weight is 213 g/mol. The fourth-order valence-electron chi connectivity index (χ4n) is 1.35. The molecule has 0 fully saturated rings. The number of rotatable bonds is 1. The number of hydrogen-bond acceptors (Lipinski definition) is 3. The quantitative estimate of drug-likeness (QED) is 0.744. The minimum atomic E-state index is -0.503. The number of H-pyrrole nitrogens is 1. The van der Waals surface area contributed by atoms with E-state index < -0.39 is 11.2 Å². The van der Waals surface area contributed by atoms with Crippen LogP contribution >= 0.6 is 0 Å². The molecule has 78 valence electrons.